The summed E-state index contributed by atoms with van der Waals surface area (Å²) in [5, 5.41) is 3.50. The summed E-state index contributed by atoms with van der Waals surface area (Å²) in [5.74, 6) is -1.28. The number of rotatable bonds is 5. The molecule has 3 amide bonds. The third-order valence-electron chi connectivity index (χ3n) is 5.63. The summed E-state index contributed by atoms with van der Waals surface area (Å²) in [4.78, 5) is 26.3. The van der Waals surface area contributed by atoms with E-state index in [1.165, 1.54) is 18.2 Å². The monoisotopic (exact) mass is 443 g/mol. The number of imide groups is 1. The van der Waals surface area contributed by atoms with Gasteiger partial charge in [-0.2, -0.15) is 0 Å². The van der Waals surface area contributed by atoms with E-state index in [0.29, 0.717) is 6.54 Å². The molecule has 5 nitrogen and oxygen atoms in total. The van der Waals surface area contributed by atoms with Crippen molar-refractivity contribution >= 4 is 28.9 Å². The van der Waals surface area contributed by atoms with E-state index in [0.717, 1.165) is 26.9 Å². The van der Waals surface area contributed by atoms with E-state index in [9.17, 15) is 18.4 Å². The fourth-order valence-corrected chi connectivity index (χ4v) is 3.98. The Kier molecular flexibility index (Phi) is 5.22. The summed E-state index contributed by atoms with van der Waals surface area (Å²) in [6.07, 6.45) is 3.52. The standard InChI is InChI=1S/C26H19F2N3O2/c27-20-11-9-17(10-12-20)14-30-15-19(21-6-2-4-8-24(21)30)13-23-25(32)31(26(33)29-23)16-18-5-1-3-7-22(18)28/h1-13,15H,14,16H2,(H,29,33)/b23-13+. The van der Waals surface area contributed by atoms with Crippen molar-refractivity contribution in [2.75, 3.05) is 0 Å². The van der Waals surface area contributed by atoms with Gasteiger partial charge >= 0.3 is 6.03 Å². The van der Waals surface area contributed by atoms with Crippen molar-refractivity contribution in [1.29, 1.82) is 0 Å². The fraction of sp³-hybridized carbons (Fsp3) is 0.0769. The van der Waals surface area contributed by atoms with Crippen molar-refractivity contribution in [2.24, 2.45) is 0 Å². The molecule has 0 saturated carbocycles. The molecule has 2 heterocycles. The van der Waals surface area contributed by atoms with Gasteiger partial charge in [-0.3, -0.25) is 9.69 Å². The predicted molar refractivity (Wildman–Crippen MR) is 121 cm³/mol. The van der Waals surface area contributed by atoms with Crippen LogP contribution in [-0.4, -0.2) is 21.4 Å². The molecule has 1 aliphatic rings. The molecular weight excluding hydrogens is 424 g/mol. The minimum atomic E-state index is -0.593. The van der Waals surface area contributed by atoms with Crippen LogP contribution < -0.4 is 5.32 Å². The van der Waals surface area contributed by atoms with Gasteiger partial charge in [-0.1, -0.05) is 48.5 Å². The quantitative estimate of drug-likeness (QED) is 0.346. The second-order valence-electron chi connectivity index (χ2n) is 7.83. The average molecular weight is 443 g/mol. The van der Waals surface area contributed by atoms with E-state index in [1.807, 2.05) is 35.0 Å². The first-order valence-electron chi connectivity index (χ1n) is 10.4. The number of benzene rings is 3. The first-order chi connectivity index (χ1) is 16.0. The largest absolute Gasteiger partial charge is 0.342 e. The van der Waals surface area contributed by atoms with E-state index in [1.54, 1.807) is 36.4 Å². The van der Waals surface area contributed by atoms with E-state index < -0.39 is 17.8 Å². The Balaban J connectivity index is 1.46. The highest BCUT2D eigenvalue weighted by Crippen LogP contribution is 2.26. The third-order valence-corrected chi connectivity index (χ3v) is 5.63. The van der Waals surface area contributed by atoms with Gasteiger partial charge in [-0.15, -0.1) is 0 Å². The SMILES string of the molecule is O=C1N/C(=C/c2cn(Cc3ccc(F)cc3)c3ccccc23)C(=O)N1Cc1ccccc1F. The molecule has 1 aromatic heterocycles. The number of amides is 3. The Labute approximate surface area is 188 Å². The topological polar surface area (TPSA) is 54.3 Å². The maximum absolute atomic E-state index is 14.0. The molecule has 7 heteroatoms. The number of aromatic nitrogens is 1. The van der Waals surface area contributed by atoms with Gasteiger partial charge in [0.05, 0.1) is 6.54 Å². The Hall–Kier alpha value is -4.26. The maximum Gasteiger partial charge on any atom is 0.329 e. The van der Waals surface area contributed by atoms with Crippen LogP contribution in [0.3, 0.4) is 0 Å². The summed E-state index contributed by atoms with van der Waals surface area (Å²) >= 11 is 0. The van der Waals surface area contributed by atoms with Crippen LogP contribution >= 0.6 is 0 Å². The van der Waals surface area contributed by atoms with E-state index in [2.05, 4.69) is 5.32 Å². The molecule has 3 aromatic carbocycles. The van der Waals surface area contributed by atoms with Crippen LogP contribution in [0.1, 0.15) is 16.7 Å². The number of para-hydroxylation sites is 1. The van der Waals surface area contributed by atoms with Crippen LogP contribution in [0.5, 0.6) is 0 Å². The number of fused-ring (bicyclic) bond motifs is 1. The van der Waals surface area contributed by atoms with Gasteiger partial charge in [0.25, 0.3) is 5.91 Å². The van der Waals surface area contributed by atoms with Gasteiger partial charge in [-0.25, -0.2) is 13.6 Å². The van der Waals surface area contributed by atoms with Crippen molar-refractivity contribution in [2.45, 2.75) is 13.1 Å². The molecule has 0 atom stereocenters. The number of hydrogen-bond acceptors (Lipinski definition) is 2. The third kappa shape index (κ3) is 4.01. The Morgan fingerprint density at radius 3 is 2.36 bits per heavy atom. The first-order valence-corrected chi connectivity index (χ1v) is 10.4. The van der Waals surface area contributed by atoms with E-state index in [-0.39, 0.29) is 23.6 Å². The fourth-order valence-electron chi connectivity index (χ4n) is 3.98. The molecule has 0 bridgehead atoms. The number of carbonyl (C=O) groups excluding carboxylic acids is 2. The molecule has 5 rings (SSSR count). The van der Waals surface area contributed by atoms with Crippen molar-refractivity contribution in [1.82, 2.24) is 14.8 Å². The number of carbonyl (C=O) groups is 2. The molecule has 33 heavy (non-hydrogen) atoms. The predicted octanol–water partition coefficient (Wildman–Crippen LogP) is 5.06. The highest BCUT2D eigenvalue weighted by Gasteiger charge is 2.34. The molecule has 4 aromatic rings. The lowest BCUT2D eigenvalue weighted by molar-refractivity contribution is -0.123. The smallest absolute Gasteiger partial charge is 0.329 e. The van der Waals surface area contributed by atoms with Crippen LogP contribution in [0, 0.1) is 11.6 Å². The van der Waals surface area contributed by atoms with Gasteiger partial charge in [0.15, 0.2) is 0 Å². The Bertz CT molecular complexity index is 1410. The number of nitrogens with zero attached hydrogens (tertiary/aromatic N) is 2. The van der Waals surface area contributed by atoms with Crippen LogP contribution in [-0.2, 0) is 17.9 Å². The Morgan fingerprint density at radius 1 is 0.848 bits per heavy atom. The molecule has 0 unspecified atom stereocenters. The molecule has 1 fully saturated rings. The minimum Gasteiger partial charge on any atom is -0.342 e. The molecule has 1 aliphatic heterocycles. The highest BCUT2D eigenvalue weighted by molar-refractivity contribution is 6.14. The van der Waals surface area contributed by atoms with E-state index >= 15 is 0 Å². The van der Waals surface area contributed by atoms with Gasteiger partial charge in [-0.05, 0) is 35.9 Å². The molecule has 0 aliphatic carbocycles. The summed E-state index contributed by atoms with van der Waals surface area (Å²) in [7, 11) is 0. The zero-order chi connectivity index (χ0) is 22.9. The second kappa shape index (κ2) is 8.35. The van der Waals surface area contributed by atoms with Crippen LogP contribution in [0.4, 0.5) is 13.6 Å². The first kappa shape index (κ1) is 20.6. The van der Waals surface area contributed by atoms with Crippen LogP contribution in [0.15, 0.2) is 84.7 Å². The normalized spacial score (nSPS) is 15.0. The zero-order valence-electron chi connectivity index (χ0n) is 17.5. The van der Waals surface area contributed by atoms with Crippen molar-refractivity contribution in [3.63, 3.8) is 0 Å². The van der Waals surface area contributed by atoms with Gasteiger partial charge in [0, 0.05) is 34.8 Å². The number of urea groups is 1. The Morgan fingerprint density at radius 2 is 1.58 bits per heavy atom. The highest BCUT2D eigenvalue weighted by atomic mass is 19.1. The molecule has 1 N–H and O–H groups in total. The second-order valence-corrected chi connectivity index (χ2v) is 7.83. The van der Waals surface area contributed by atoms with Gasteiger partial charge < -0.3 is 9.88 Å². The number of nitrogens with one attached hydrogen (secondary N) is 1. The lowest BCUT2D eigenvalue weighted by Crippen LogP contribution is -2.30. The van der Waals surface area contributed by atoms with Crippen molar-refractivity contribution in [3.8, 4) is 0 Å². The minimum absolute atomic E-state index is 0.126. The summed E-state index contributed by atoms with van der Waals surface area (Å²) in [6, 6.07) is 19.4. The summed E-state index contributed by atoms with van der Waals surface area (Å²) < 4.78 is 29.3. The lowest BCUT2D eigenvalue weighted by Gasteiger charge is -2.12. The van der Waals surface area contributed by atoms with Crippen molar-refractivity contribution < 1.29 is 18.4 Å². The molecule has 0 radical (unpaired) electrons. The van der Waals surface area contributed by atoms with Gasteiger partial charge in [0.2, 0.25) is 0 Å². The van der Waals surface area contributed by atoms with Gasteiger partial charge in [0.1, 0.15) is 17.3 Å². The molecular formula is C26H19F2N3O2. The van der Waals surface area contributed by atoms with E-state index in [4.69, 9.17) is 0 Å². The number of hydrogen-bond donors (Lipinski definition) is 1. The molecule has 1 saturated heterocycles. The average Bonchev–Trinajstić information content (AvgIpc) is 3.29. The lowest BCUT2D eigenvalue weighted by atomic mass is 10.1. The summed E-state index contributed by atoms with van der Waals surface area (Å²) in [5.41, 5.74) is 3.01. The maximum atomic E-state index is 14.0. The zero-order valence-corrected chi connectivity index (χ0v) is 17.5. The summed E-state index contributed by atoms with van der Waals surface area (Å²) in [6.45, 7) is 0.366. The van der Waals surface area contributed by atoms with Crippen LogP contribution in [0.25, 0.3) is 17.0 Å². The van der Waals surface area contributed by atoms with Crippen LogP contribution in [0.2, 0.25) is 0 Å². The van der Waals surface area contributed by atoms with Crippen molar-refractivity contribution in [3.05, 3.63) is 113 Å². The number of halogens is 2. The molecule has 164 valence electrons. The molecule has 0 spiro atoms.